The molecule has 0 saturated heterocycles. The second kappa shape index (κ2) is 6.99. The van der Waals surface area contributed by atoms with Crippen molar-refractivity contribution in [2.75, 3.05) is 11.9 Å². The first-order valence-corrected chi connectivity index (χ1v) is 6.82. The molecule has 0 aliphatic rings. The standard InChI is InChI=1S/C15H11BrFNO3/c16-11-4-1-3-10(7-11)15(20)21-9-14(19)18-13-6-2-5-12(17)8-13/h1-8H,9H2,(H,18,19). The molecule has 0 radical (unpaired) electrons. The van der Waals surface area contributed by atoms with Crippen molar-refractivity contribution in [2.24, 2.45) is 0 Å². The molecule has 4 nitrogen and oxygen atoms in total. The van der Waals surface area contributed by atoms with Crippen molar-refractivity contribution in [1.82, 2.24) is 0 Å². The van der Waals surface area contributed by atoms with Gasteiger partial charge in [0.15, 0.2) is 6.61 Å². The highest BCUT2D eigenvalue weighted by molar-refractivity contribution is 9.10. The van der Waals surface area contributed by atoms with Crippen molar-refractivity contribution < 1.29 is 18.7 Å². The molecule has 0 unspecified atom stereocenters. The summed E-state index contributed by atoms with van der Waals surface area (Å²) in [6, 6.07) is 12.1. The summed E-state index contributed by atoms with van der Waals surface area (Å²) in [6.07, 6.45) is 0. The van der Waals surface area contributed by atoms with Gasteiger partial charge in [0, 0.05) is 10.2 Å². The van der Waals surface area contributed by atoms with Crippen LogP contribution in [0.25, 0.3) is 0 Å². The lowest BCUT2D eigenvalue weighted by atomic mass is 10.2. The molecule has 6 heteroatoms. The summed E-state index contributed by atoms with van der Waals surface area (Å²) in [5, 5.41) is 2.44. The van der Waals surface area contributed by atoms with Gasteiger partial charge >= 0.3 is 5.97 Å². The minimum Gasteiger partial charge on any atom is -0.452 e. The molecule has 0 spiro atoms. The van der Waals surface area contributed by atoms with Gasteiger partial charge in [-0.15, -0.1) is 0 Å². The maximum absolute atomic E-state index is 12.9. The summed E-state index contributed by atoms with van der Waals surface area (Å²) in [4.78, 5) is 23.3. The zero-order valence-electron chi connectivity index (χ0n) is 10.8. The summed E-state index contributed by atoms with van der Waals surface area (Å²) >= 11 is 3.24. The third-order valence-corrected chi connectivity index (χ3v) is 3.00. The summed E-state index contributed by atoms with van der Waals surface area (Å²) in [5.41, 5.74) is 0.640. The Labute approximate surface area is 129 Å². The highest BCUT2D eigenvalue weighted by atomic mass is 79.9. The fourth-order valence-corrected chi connectivity index (χ4v) is 1.99. The van der Waals surface area contributed by atoms with Crippen LogP contribution >= 0.6 is 15.9 Å². The molecule has 0 aromatic heterocycles. The van der Waals surface area contributed by atoms with Crippen LogP contribution in [0.4, 0.5) is 10.1 Å². The second-order valence-corrected chi connectivity index (χ2v) is 5.06. The Kier molecular flexibility index (Phi) is 5.05. The van der Waals surface area contributed by atoms with Gasteiger partial charge in [0.25, 0.3) is 5.91 Å². The van der Waals surface area contributed by atoms with Crippen LogP contribution in [0.2, 0.25) is 0 Å². The first-order chi connectivity index (χ1) is 10.0. The van der Waals surface area contributed by atoms with Crippen LogP contribution in [0.15, 0.2) is 53.0 Å². The number of ether oxygens (including phenoxy) is 1. The molecule has 0 fully saturated rings. The largest absolute Gasteiger partial charge is 0.452 e. The van der Waals surface area contributed by atoms with E-state index in [0.29, 0.717) is 11.3 Å². The minimum absolute atomic E-state index is 0.304. The van der Waals surface area contributed by atoms with Crippen molar-refractivity contribution in [3.8, 4) is 0 Å². The Balaban J connectivity index is 1.88. The molecular weight excluding hydrogens is 341 g/mol. The molecule has 108 valence electrons. The van der Waals surface area contributed by atoms with Crippen molar-refractivity contribution in [3.05, 3.63) is 64.4 Å². The number of rotatable bonds is 4. The van der Waals surface area contributed by atoms with Gasteiger partial charge < -0.3 is 10.1 Å². The van der Waals surface area contributed by atoms with E-state index in [0.717, 1.165) is 4.47 Å². The normalized spacial score (nSPS) is 10.0. The van der Waals surface area contributed by atoms with Crippen molar-refractivity contribution in [3.63, 3.8) is 0 Å². The zero-order chi connectivity index (χ0) is 15.2. The molecule has 0 atom stereocenters. The number of benzene rings is 2. The van der Waals surface area contributed by atoms with E-state index in [1.807, 2.05) is 0 Å². The van der Waals surface area contributed by atoms with Crippen LogP contribution < -0.4 is 5.32 Å². The lowest BCUT2D eigenvalue weighted by Crippen LogP contribution is -2.21. The fourth-order valence-electron chi connectivity index (χ4n) is 1.59. The van der Waals surface area contributed by atoms with Gasteiger partial charge in [0.1, 0.15) is 5.82 Å². The van der Waals surface area contributed by atoms with Gasteiger partial charge in [0.2, 0.25) is 0 Å². The van der Waals surface area contributed by atoms with Crippen LogP contribution in [0.1, 0.15) is 10.4 Å². The number of hydrogen-bond donors (Lipinski definition) is 1. The Hall–Kier alpha value is -2.21. The SMILES string of the molecule is O=C(COC(=O)c1cccc(Br)c1)Nc1cccc(F)c1. The topological polar surface area (TPSA) is 55.4 Å². The maximum atomic E-state index is 12.9. The van der Waals surface area contributed by atoms with Crippen LogP contribution in [-0.4, -0.2) is 18.5 Å². The van der Waals surface area contributed by atoms with Gasteiger partial charge in [-0.25, -0.2) is 9.18 Å². The van der Waals surface area contributed by atoms with Crippen molar-refractivity contribution in [2.45, 2.75) is 0 Å². The van der Waals surface area contributed by atoms with E-state index in [2.05, 4.69) is 21.2 Å². The number of anilines is 1. The number of amides is 1. The van der Waals surface area contributed by atoms with Gasteiger partial charge in [-0.2, -0.15) is 0 Å². The summed E-state index contributed by atoms with van der Waals surface area (Å²) in [5.74, 6) is -1.60. The van der Waals surface area contributed by atoms with E-state index in [4.69, 9.17) is 4.74 Å². The van der Waals surface area contributed by atoms with Gasteiger partial charge in [0.05, 0.1) is 5.56 Å². The monoisotopic (exact) mass is 351 g/mol. The Morgan fingerprint density at radius 2 is 1.90 bits per heavy atom. The van der Waals surface area contributed by atoms with Crippen LogP contribution in [0.5, 0.6) is 0 Å². The average Bonchev–Trinajstić information content (AvgIpc) is 2.45. The molecule has 0 aliphatic heterocycles. The van der Waals surface area contributed by atoms with Gasteiger partial charge in [-0.3, -0.25) is 4.79 Å². The van der Waals surface area contributed by atoms with E-state index in [-0.39, 0.29) is 0 Å². The predicted molar refractivity (Wildman–Crippen MR) is 79.5 cm³/mol. The quantitative estimate of drug-likeness (QED) is 0.859. The van der Waals surface area contributed by atoms with Crippen LogP contribution in [0.3, 0.4) is 0 Å². The predicted octanol–water partition coefficient (Wildman–Crippen LogP) is 3.38. The van der Waals surface area contributed by atoms with Gasteiger partial charge in [-0.1, -0.05) is 28.1 Å². The number of esters is 1. The molecule has 1 N–H and O–H groups in total. The Morgan fingerprint density at radius 3 is 2.62 bits per heavy atom. The van der Waals surface area contributed by atoms with Crippen LogP contribution in [0, 0.1) is 5.82 Å². The minimum atomic E-state index is -0.606. The molecule has 2 rings (SSSR count). The van der Waals surface area contributed by atoms with Crippen LogP contribution in [-0.2, 0) is 9.53 Å². The Morgan fingerprint density at radius 1 is 1.14 bits per heavy atom. The molecule has 0 aliphatic carbocycles. The van der Waals surface area contributed by atoms with Gasteiger partial charge in [-0.05, 0) is 36.4 Å². The van der Waals surface area contributed by atoms with E-state index >= 15 is 0 Å². The molecule has 2 aromatic carbocycles. The first-order valence-electron chi connectivity index (χ1n) is 6.03. The lowest BCUT2D eigenvalue weighted by molar-refractivity contribution is -0.119. The first kappa shape index (κ1) is 15.2. The highest BCUT2D eigenvalue weighted by Crippen LogP contribution is 2.13. The number of carbonyl (C=O) groups is 2. The summed E-state index contributed by atoms with van der Waals surface area (Å²) in [7, 11) is 0. The van der Waals surface area contributed by atoms with E-state index in [9.17, 15) is 14.0 Å². The lowest BCUT2D eigenvalue weighted by Gasteiger charge is -2.07. The molecule has 0 heterocycles. The van der Waals surface area contributed by atoms with Crippen molar-refractivity contribution >= 4 is 33.5 Å². The molecule has 0 bridgehead atoms. The second-order valence-electron chi connectivity index (χ2n) is 4.15. The number of halogens is 2. The third kappa shape index (κ3) is 4.68. The highest BCUT2D eigenvalue weighted by Gasteiger charge is 2.10. The van der Waals surface area contributed by atoms with E-state index in [1.165, 1.54) is 24.3 Å². The fraction of sp³-hybridized carbons (Fsp3) is 0.0667. The Bertz CT molecular complexity index is 675. The number of nitrogens with one attached hydrogen (secondary N) is 1. The summed E-state index contributed by atoms with van der Waals surface area (Å²) < 4.78 is 18.6. The molecule has 21 heavy (non-hydrogen) atoms. The number of hydrogen-bond acceptors (Lipinski definition) is 3. The molecule has 0 saturated carbocycles. The van der Waals surface area contributed by atoms with E-state index < -0.39 is 24.3 Å². The summed E-state index contributed by atoms with van der Waals surface area (Å²) in [6.45, 7) is -0.443. The maximum Gasteiger partial charge on any atom is 0.338 e. The zero-order valence-corrected chi connectivity index (χ0v) is 12.4. The third-order valence-electron chi connectivity index (χ3n) is 2.50. The average molecular weight is 352 g/mol. The van der Waals surface area contributed by atoms with E-state index in [1.54, 1.807) is 24.3 Å². The molecule has 1 amide bonds. The molecular formula is C15H11BrFNO3. The smallest absolute Gasteiger partial charge is 0.338 e. The number of carbonyl (C=O) groups excluding carboxylic acids is 2. The van der Waals surface area contributed by atoms with Crippen molar-refractivity contribution in [1.29, 1.82) is 0 Å². The molecule has 2 aromatic rings.